The van der Waals surface area contributed by atoms with Crippen molar-refractivity contribution in [2.24, 2.45) is 5.73 Å². The second kappa shape index (κ2) is 1.96. The van der Waals surface area contributed by atoms with Gasteiger partial charge in [0, 0.05) is 5.54 Å². The van der Waals surface area contributed by atoms with Gasteiger partial charge in [-0.1, -0.05) is 0 Å². The summed E-state index contributed by atoms with van der Waals surface area (Å²) in [6.45, 7) is 6.14. The van der Waals surface area contributed by atoms with Gasteiger partial charge in [0.25, 0.3) is 0 Å². The van der Waals surface area contributed by atoms with E-state index < -0.39 is 0 Å². The van der Waals surface area contributed by atoms with Crippen molar-refractivity contribution in [3.8, 4) is 0 Å². The molecule has 1 saturated heterocycles. The zero-order valence-electron chi connectivity index (χ0n) is 6.35. The Morgan fingerprint density at radius 3 is 2.22 bits per heavy atom. The van der Waals surface area contributed by atoms with E-state index in [-0.39, 0.29) is 11.6 Å². The predicted molar refractivity (Wildman–Crippen MR) is 37.2 cm³/mol. The second-order valence-corrected chi connectivity index (χ2v) is 3.30. The van der Waals surface area contributed by atoms with Crippen LogP contribution in [0.3, 0.4) is 0 Å². The molecule has 2 nitrogen and oxygen atoms in total. The van der Waals surface area contributed by atoms with E-state index >= 15 is 0 Å². The monoisotopic (exact) mass is 129 g/mol. The van der Waals surface area contributed by atoms with Gasteiger partial charge in [-0.15, -0.1) is 0 Å². The van der Waals surface area contributed by atoms with E-state index in [1.165, 1.54) is 0 Å². The molecule has 0 spiro atoms. The molecule has 0 aromatic heterocycles. The van der Waals surface area contributed by atoms with Gasteiger partial charge in [-0.25, -0.2) is 0 Å². The average molecular weight is 129 g/mol. The first-order chi connectivity index (χ1) is 4.02. The number of nitrogens with two attached hydrogens (primary N) is 1. The Labute approximate surface area is 56.4 Å². The molecule has 0 radical (unpaired) electrons. The molecule has 2 heteroatoms. The van der Waals surface area contributed by atoms with Gasteiger partial charge in [-0.3, -0.25) is 0 Å². The minimum absolute atomic E-state index is 0.0978. The highest BCUT2D eigenvalue weighted by Crippen LogP contribution is 2.26. The zero-order valence-corrected chi connectivity index (χ0v) is 6.35. The van der Waals surface area contributed by atoms with Crippen molar-refractivity contribution in [2.75, 3.05) is 0 Å². The predicted octanol–water partition coefficient (Wildman–Crippen LogP) is 0.901. The Morgan fingerprint density at radius 2 is 2.11 bits per heavy atom. The van der Waals surface area contributed by atoms with Crippen molar-refractivity contribution in [3.63, 3.8) is 0 Å². The molecular weight excluding hydrogens is 114 g/mol. The van der Waals surface area contributed by atoms with Crippen LogP contribution in [0.15, 0.2) is 0 Å². The quantitative estimate of drug-likeness (QED) is 0.527. The summed E-state index contributed by atoms with van der Waals surface area (Å²) >= 11 is 0. The van der Waals surface area contributed by atoms with Crippen LogP contribution < -0.4 is 5.73 Å². The third kappa shape index (κ3) is 1.25. The minimum Gasteiger partial charge on any atom is -0.374 e. The maximum atomic E-state index is 5.89. The Morgan fingerprint density at radius 1 is 1.56 bits per heavy atom. The molecule has 0 unspecified atom stereocenters. The molecule has 2 N–H and O–H groups in total. The molecule has 0 aromatic carbocycles. The van der Waals surface area contributed by atoms with Crippen LogP contribution in [0.5, 0.6) is 0 Å². The zero-order chi connectivity index (χ0) is 7.07. The molecule has 0 bridgehead atoms. The molecule has 3 atom stereocenters. The average Bonchev–Trinajstić information content (AvgIpc) is 1.79. The van der Waals surface area contributed by atoms with Crippen LogP contribution in [0, 0.1) is 0 Å². The highest BCUT2D eigenvalue weighted by molar-refractivity contribution is 4.92. The maximum Gasteiger partial charge on any atom is 0.0728 e. The van der Waals surface area contributed by atoms with Crippen LogP contribution in [-0.4, -0.2) is 17.7 Å². The molecule has 1 fully saturated rings. The first-order valence-corrected chi connectivity index (χ1v) is 3.47. The topological polar surface area (TPSA) is 35.2 Å². The Balaban J connectivity index is 2.58. The standard InChI is InChI=1S/C7H15NO/c1-5-4-7(3,8)6(2)9-5/h5-6H,4,8H2,1-3H3/t5-,6-,7-/m1/s1. The molecule has 1 aliphatic rings. The van der Waals surface area contributed by atoms with Crippen LogP contribution in [0.4, 0.5) is 0 Å². The van der Waals surface area contributed by atoms with Gasteiger partial charge < -0.3 is 10.5 Å². The summed E-state index contributed by atoms with van der Waals surface area (Å²) in [5, 5.41) is 0. The first kappa shape index (κ1) is 7.03. The third-order valence-corrected chi connectivity index (χ3v) is 2.09. The summed E-state index contributed by atoms with van der Waals surface area (Å²) in [5.74, 6) is 0. The fraction of sp³-hybridized carbons (Fsp3) is 1.00. The van der Waals surface area contributed by atoms with Gasteiger partial charge in [0.1, 0.15) is 0 Å². The van der Waals surface area contributed by atoms with E-state index in [9.17, 15) is 0 Å². The fourth-order valence-corrected chi connectivity index (χ4v) is 1.34. The third-order valence-electron chi connectivity index (χ3n) is 2.09. The van der Waals surface area contributed by atoms with E-state index in [0.29, 0.717) is 6.10 Å². The number of ether oxygens (including phenoxy) is 1. The Bertz CT molecular complexity index is 111. The van der Waals surface area contributed by atoms with E-state index in [4.69, 9.17) is 10.5 Å². The van der Waals surface area contributed by atoms with Gasteiger partial charge in [-0.2, -0.15) is 0 Å². The molecule has 1 aliphatic heterocycles. The van der Waals surface area contributed by atoms with E-state index in [1.807, 2.05) is 13.8 Å². The highest BCUT2D eigenvalue weighted by Gasteiger charge is 2.36. The molecule has 1 heterocycles. The molecule has 0 saturated carbocycles. The van der Waals surface area contributed by atoms with Crippen LogP contribution in [0.25, 0.3) is 0 Å². The molecule has 9 heavy (non-hydrogen) atoms. The van der Waals surface area contributed by atoms with Crippen LogP contribution in [-0.2, 0) is 4.74 Å². The van der Waals surface area contributed by atoms with Crippen molar-refractivity contribution in [2.45, 2.75) is 44.9 Å². The summed E-state index contributed by atoms with van der Waals surface area (Å²) in [4.78, 5) is 0. The van der Waals surface area contributed by atoms with Gasteiger partial charge >= 0.3 is 0 Å². The Kier molecular flexibility index (Phi) is 1.53. The lowest BCUT2D eigenvalue weighted by molar-refractivity contribution is 0.0530. The lowest BCUT2D eigenvalue weighted by Gasteiger charge is -2.20. The summed E-state index contributed by atoms with van der Waals surface area (Å²) < 4.78 is 5.45. The second-order valence-electron chi connectivity index (χ2n) is 3.30. The summed E-state index contributed by atoms with van der Waals surface area (Å²) in [6, 6.07) is 0. The maximum absolute atomic E-state index is 5.89. The van der Waals surface area contributed by atoms with Crippen molar-refractivity contribution in [1.82, 2.24) is 0 Å². The molecule has 0 aromatic rings. The summed E-state index contributed by atoms with van der Waals surface area (Å²) in [5.41, 5.74) is 5.79. The molecule has 1 rings (SSSR count). The molecular formula is C7H15NO. The van der Waals surface area contributed by atoms with Crippen molar-refractivity contribution < 1.29 is 4.74 Å². The van der Waals surface area contributed by atoms with Gasteiger partial charge in [0.05, 0.1) is 12.2 Å². The molecule has 0 aliphatic carbocycles. The molecule has 54 valence electrons. The van der Waals surface area contributed by atoms with Crippen molar-refractivity contribution in [1.29, 1.82) is 0 Å². The van der Waals surface area contributed by atoms with Crippen molar-refractivity contribution >= 4 is 0 Å². The smallest absolute Gasteiger partial charge is 0.0728 e. The fourth-order valence-electron chi connectivity index (χ4n) is 1.34. The normalized spacial score (nSPS) is 52.0. The number of hydrogen-bond donors (Lipinski definition) is 1. The van der Waals surface area contributed by atoms with Gasteiger partial charge in [-0.05, 0) is 27.2 Å². The summed E-state index contributed by atoms with van der Waals surface area (Å²) in [7, 11) is 0. The van der Waals surface area contributed by atoms with Crippen LogP contribution >= 0.6 is 0 Å². The summed E-state index contributed by atoms with van der Waals surface area (Å²) in [6.07, 6.45) is 1.54. The highest BCUT2D eigenvalue weighted by atomic mass is 16.5. The SMILES string of the molecule is C[C@@H]1C[C@@](C)(N)[C@@H](C)O1. The number of hydrogen-bond acceptors (Lipinski definition) is 2. The minimum atomic E-state index is -0.0978. The lowest BCUT2D eigenvalue weighted by atomic mass is 9.95. The number of rotatable bonds is 0. The Hall–Kier alpha value is -0.0800. The van der Waals surface area contributed by atoms with E-state index in [2.05, 4.69) is 6.92 Å². The van der Waals surface area contributed by atoms with E-state index in [0.717, 1.165) is 6.42 Å². The largest absolute Gasteiger partial charge is 0.374 e. The van der Waals surface area contributed by atoms with Gasteiger partial charge in [0.15, 0.2) is 0 Å². The first-order valence-electron chi connectivity index (χ1n) is 3.47. The lowest BCUT2D eigenvalue weighted by Crippen LogP contribution is -2.42. The van der Waals surface area contributed by atoms with Crippen LogP contribution in [0.1, 0.15) is 27.2 Å². The molecule has 0 amide bonds. The van der Waals surface area contributed by atoms with Gasteiger partial charge in [0.2, 0.25) is 0 Å². The van der Waals surface area contributed by atoms with Crippen LogP contribution in [0.2, 0.25) is 0 Å². The van der Waals surface area contributed by atoms with Crippen molar-refractivity contribution in [3.05, 3.63) is 0 Å². The van der Waals surface area contributed by atoms with E-state index in [1.54, 1.807) is 0 Å².